The van der Waals surface area contributed by atoms with E-state index in [1.54, 1.807) is 0 Å². The van der Waals surface area contributed by atoms with E-state index < -0.39 is 0 Å². The Morgan fingerprint density at radius 3 is 2.43 bits per heavy atom. The van der Waals surface area contributed by atoms with Crippen molar-refractivity contribution in [1.82, 2.24) is 9.80 Å². The fourth-order valence-electron chi connectivity index (χ4n) is 2.02. The summed E-state index contributed by atoms with van der Waals surface area (Å²) in [5.41, 5.74) is 5.97. The van der Waals surface area contributed by atoms with Gasteiger partial charge in [0, 0.05) is 25.2 Å². The van der Waals surface area contributed by atoms with Gasteiger partial charge in [-0.1, -0.05) is 6.92 Å². The molecule has 0 radical (unpaired) electrons. The monoisotopic (exact) mass is 199 g/mol. The highest BCUT2D eigenvalue weighted by Crippen LogP contribution is 2.15. The van der Waals surface area contributed by atoms with Crippen LogP contribution < -0.4 is 5.73 Å². The summed E-state index contributed by atoms with van der Waals surface area (Å²) in [7, 11) is 0. The number of hydrogen-bond donors (Lipinski definition) is 1. The summed E-state index contributed by atoms with van der Waals surface area (Å²) in [6.45, 7) is 13.5. The highest BCUT2D eigenvalue weighted by molar-refractivity contribution is 4.84. The van der Waals surface area contributed by atoms with Gasteiger partial charge in [0.2, 0.25) is 0 Å². The van der Waals surface area contributed by atoms with E-state index in [0.717, 1.165) is 13.1 Å². The van der Waals surface area contributed by atoms with E-state index in [9.17, 15) is 0 Å². The van der Waals surface area contributed by atoms with Gasteiger partial charge in [-0.2, -0.15) is 0 Å². The standard InChI is InChI=1S/C11H25N3/c1-4-13-6-5-7-14(9-8-13)11(2,3)10-12/h4-10,12H2,1-3H3. The van der Waals surface area contributed by atoms with Crippen molar-refractivity contribution in [3.63, 3.8) is 0 Å². The Morgan fingerprint density at radius 2 is 1.86 bits per heavy atom. The first-order valence-corrected chi connectivity index (χ1v) is 5.77. The molecular formula is C11H25N3. The quantitative estimate of drug-likeness (QED) is 0.728. The van der Waals surface area contributed by atoms with Gasteiger partial charge in [0.05, 0.1) is 0 Å². The Bertz CT molecular complexity index is 168. The van der Waals surface area contributed by atoms with Crippen LogP contribution in [0.5, 0.6) is 0 Å². The van der Waals surface area contributed by atoms with Gasteiger partial charge in [0.1, 0.15) is 0 Å². The highest BCUT2D eigenvalue weighted by atomic mass is 15.3. The van der Waals surface area contributed by atoms with Gasteiger partial charge >= 0.3 is 0 Å². The number of nitrogens with two attached hydrogens (primary N) is 1. The molecule has 0 saturated carbocycles. The second kappa shape index (κ2) is 5.10. The predicted octanol–water partition coefficient (Wildman–Crippen LogP) is 0.751. The molecule has 0 amide bonds. The molecule has 0 atom stereocenters. The lowest BCUT2D eigenvalue weighted by Crippen LogP contribution is -2.50. The number of nitrogens with zero attached hydrogens (tertiary/aromatic N) is 2. The van der Waals surface area contributed by atoms with Gasteiger partial charge in [-0.3, -0.25) is 4.90 Å². The van der Waals surface area contributed by atoms with Crippen LogP contribution in [0.2, 0.25) is 0 Å². The predicted molar refractivity (Wildman–Crippen MR) is 61.4 cm³/mol. The van der Waals surface area contributed by atoms with Crippen LogP contribution in [-0.4, -0.2) is 54.6 Å². The van der Waals surface area contributed by atoms with Crippen LogP contribution in [0.1, 0.15) is 27.2 Å². The van der Waals surface area contributed by atoms with Crippen molar-refractivity contribution in [1.29, 1.82) is 0 Å². The summed E-state index contributed by atoms with van der Waals surface area (Å²) in [5, 5.41) is 0. The second-order valence-corrected chi connectivity index (χ2v) is 4.79. The molecule has 0 aliphatic carbocycles. The van der Waals surface area contributed by atoms with Crippen LogP contribution in [0.3, 0.4) is 0 Å². The topological polar surface area (TPSA) is 32.5 Å². The molecule has 14 heavy (non-hydrogen) atoms. The van der Waals surface area contributed by atoms with Crippen LogP contribution in [0, 0.1) is 0 Å². The normalized spacial score (nSPS) is 22.3. The van der Waals surface area contributed by atoms with Crippen LogP contribution in [0.15, 0.2) is 0 Å². The van der Waals surface area contributed by atoms with Crippen LogP contribution >= 0.6 is 0 Å². The molecule has 1 fully saturated rings. The largest absolute Gasteiger partial charge is 0.329 e. The zero-order valence-electron chi connectivity index (χ0n) is 9.92. The van der Waals surface area contributed by atoms with Gasteiger partial charge in [-0.25, -0.2) is 0 Å². The molecule has 0 aromatic carbocycles. The second-order valence-electron chi connectivity index (χ2n) is 4.79. The van der Waals surface area contributed by atoms with Gasteiger partial charge in [-0.05, 0) is 39.9 Å². The molecule has 0 bridgehead atoms. The number of hydrogen-bond acceptors (Lipinski definition) is 3. The lowest BCUT2D eigenvalue weighted by Gasteiger charge is -2.36. The zero-order valence-corrected chi connectivity index (χ0v) is 9.92. The summed E-state index contributed by atoms with van der Waals surface area (Å²) in [5.74, 6) is 0. The summed E-state index contributed by atoms with van der Waals surface area (Å²) in [6.07, 6.45) is 1.28. The van der Waals surface area contributed by atoms with Gasteiger partial charge in [0.25, 0.3) is 0 Å². The van der Waals surface area contributed by atoms with Gasteiger partial charge in [-0.15, -0.1) is 0 Å². The first kappa shape index (κ1) is 12.0. The molecule has 1 aliphatic rings. The Labute approximate surface area is 88.2 Å². The maximum absolute atomic E-state index is 5.80. The third kappa shape index (κ3) is 2.94. The van der Waals surface area contributed by atoms with Crippen LogP contribution in [0.25, 0.3) is 0 Å². The summed E-state index contributed by atoms with van der Waals surface area (Å²) in [4.78, 5) is 5.05. The lowest BCUT2D eigenvalue weighted by atomic mass is 10.0. The molecule has 0 aromatic heterocycles. The molecule has 1 rings (SSSR count). The maximum Gasteiger partial charge on any atom is 0.0276 e. The van der Waals surface area contributed by atoms with Gasteiger partial charge in [0.15, 0.2) is 0 Å². The number of likely N-dealkylation sites (N-methyl/N-ethyl adjacent to an activating group) is 1. The minimum absolute atomic E-state index is 0.170. The van der Waals surface area contributed by atoms with Crippen molar-refractivity contribution in [3.8, 4) is 0 Å². The third-order valence-corrected chi connectivity index (χ3v) is 3.39. The van der Waals surface area contributed by atoms with Crippen LogP contribution in [0.4, 0.5) is 0 Å². The Morgan fingerprint density at radius 1 is 1.14 bits per heavy atom. The molecule has 1 heterocycles. The molecule has 1 saturated heterocycles. The molecular weight excluding hydrogens is 174 g/mol. The molecule has 1 aliphatic heterocycles. The molecule has 2 N–H and O–H groups in total. The minimum Gasteiger partial charge on any atom is -0.329 e. The van der Waals surface area contributed by atoms with Crippen molar-refractivity contribution >= 4 is 0 Å². The van der Waals surface area contributed by atoms with E-state index in [2.05, 4.69) is 30.6 Å². The average Bonchev–Trinajstić information content (AvgIpc) is 2.42. The Kier molecular flexibility index (Phi) is 4.35. The van der Waals surface area contributed by atoms with E-state index in [1.165, 1.54) is 32.6 Å². The smallest absolute Gasteiger partial charge is 0.0276 e. The van der Waals surface area contributed by atoms with Crippen molar-refractivity contribution in [2.24, 2.45) is 5.73 Å². The highest BCUT2D eigenvalue weighted by Gasteiger charge is 2.26. The maximum atomic E-state index is 5.80. The lowest BCUT2D eigenvalue weighted by molar-refractivity contribution is 0.131. The van der Waals surface area contributed by atoms with Crippen molar-refractivity contribution in [3.05, 3.63) is 0 Å². The molecule has 3 heteroatoms. The van der Waals surface area contributed by atoms with Crippen LogP contribution in [-0.2, 0) is 0 Å². The minimum atomic E-state index is 0.170. The SMILES string of the molecule is CCN1CCCN(C(C)(C)CN)CC1. The number of rotatable bonds is 3. The fourth-order valence-corrected chi connectivity index (χ4v) is 2.02. The van der Waals surface area contributed by atoms with E-state index >= 15 is 0 Å². The molecule has 84 valence electrons. The van der Waals surface area contributed by atoms with E-state index in [0.29, 0.717) is 0 Å². The molecule has 0 spiro atoms. The Balaban J connectivity index is 2.49. The fraction of sp³-hybridized carbons (Fsp3) is 1.00. The Hall–Kier alpha value is -0.120. The van der Waals surface area contributed by atoms with E-state index in [4.69, 9.17) is 5.73 Å². The van der Waals surface area contributed by atoms with E-state index in [1.807, 2.05) is 0 Å². The average molecular weight is 199 g/mol. The summed E-state index contributed by atoms with van der Waals surface area (Å²) >= 11 is 0. The molecule has 0 unspecified atom stereocenters. The van der Waals surface area contributed by atoms with Crippen molar-refractivity contribution < 1.29 is 0 Å². The molecule has 3 nitrogen and oxygen atoms in total. The first-order valence-electron chi connectivity index (χ1n) is 5.77. The van der Waals surface area contributed by atoms with Crippen molar-refractivity contribution in [2.45, 2.75) is 32.7 Å². The van der Waals surface area contributed by atoms with Crippen molar-refractivity contribution in [2.75, 3.05) is 39.3 Å². The van der Waals surface area contributed by atoms with Gasteiger partial charge < -0.3 is 10.6 Å². The zero-order chi connectivity index (χ0) is 10.6. The summed E-state index contributed by atoms with van der Waals surface area (Å²) < 4.78 is 0. The third-order valence-electron chi connectivity index (χ3n) is 3.39. The first-order chi connectivity index (χ1) is 6.60. The summed E-state index contributed by atoms with van der Waals surface area (Å²) in [6, 6.07) is 0. The molecule has 0 aromatic rings. The van der Waals surface area contributed by atoms with E-state index in [-0.39, 0.29) is 5.54 Å².